The molecule has 0 aliphatic heterocycles. The number of rotatable bonds is 1. The molecule has 2 N–H and O–H groups in total. The molecule has 3 aromatic rings. The maximum Gasteiger partial charge on any atom is 0.179 e. The van der Waals surface area contributed by atoms with E-state index in [1.54, 1.807) is 30.5 Å². The monoisotopic (exact) mass is 245 g/mol. The molecule has 0 aliphatic carbocycles. The van der Waals surface area contributed by atoms with Gasteiger partial charge in [0.05, 0.1) is 5.02 Å². The second kappa shape index (κ2) is 3.75. The van der Waals surface area contributed by atoms with Gasteiger partial charge in [0, 0.05) is 11.8 Å². The minimum absolute atomic E-state index is 0.196. The number of fused-ring (bicyclic) bond motifs is 1. The molecular formula is C12H8ClN3O. The molecule has 0 amide bonds. The van der Waals surface area contributed by atoms with Crippen molar-refractivity contribution in [2.75, 3.05) is 0 Å². The van der Waals surface area contributed by atoms with Gasteiger partial charge in [-0.1, -0.05) is 23.7 Å². The molecule has 0 fully saturated rings. The molecule has 3 rings (SSSR count). The van der Waals surface area contributed by atoms with Crippen molar-refractivity contribution in [3.05, 3.63) is 41.6 Å². The number of phenolic OH excluding ortho intramolecular Hbond substituents is 1. The van der Waals surface area contributed by atoms with Crippen molar-refractivity contribution in [1.29, 1.82) is 0 Å². The zero-order valence-corrected chi connectivity index (χ0v) is 9.44. The maximum absolute atomic E-state index is 9.42. The van der Waals surface area contributed by atoms with E-state index in [-0.39, 0.29) is 5.75 Å². The number of nitrogens with one attached hydrogen (secondary N) is 1. The van der Waals surface area contributed by atoms with Crippen molar-refractivity contribution in [2.24, 2.45) is 0 Å². The number of benzene rings is 1. The number of phenols is 1. The Labute approximate surface area is 102 Å². The lowest BCUT2D eigenvalue weighted by molar-refractivity contribution is 0.475. The first-order chi connectivity index (χ1) is 8.24. The van der Waals surface area contributed by atoms with Crippen LogP contribution in [0.3, 0.4) is 0 Å². The number of imidazole rings is 1. The topological polar surface area (TPSA) is 61.8 Å². The summed E-state index contributed by atoms with van der Waals surface area (Å²) in [5.74, 6) is 0.832. The van der Waals surface area contributed by atoms with Crippen LogP contribution in [0.5, 0.6) is 5.75 Å². The zero-order valence-electron chi connectivity index (χ0n) is 8.68. The second-order valence-electron chi connectivity index (χ2n) is 3.63. The highest BCUT2D eigenvalue weighted by atomic mass is 35.5. The number of aromatic nitrogens is 3. The Kier molecular flexibility index (Phi) is 2.23. The molecular weight excluding hydrogens is 238 g/mol. The average Bonchev–Trinajstić information content (AvgIpc) is 2.74. The Morgan fingerprint density at radius 1 is 1.24 bits per heavy atom. The molecule has 2 heterocycles. The molecule has 0 unspecified atom stereocenters. The summed E-state index contributed by atoms with van der Waals surface area (Å²) in [4.78, 5) is 11.5. The van der Waals surface area contributed by atoms with E-state index < -0.39 is 0 Å². The fraction of sp³-hybridized carbons (Fsp3) is 0. The Bertz CT molecular complexity index is 693. The summed E-state index contributed by atoms with van der Waals surface area (Å²) in [5, 5.41) is 10.00. The molecule has 2 aromatic heterocycles. The van der Waals surface area contributed by atoms with Gasteiger partial charge in [0.2, 0.25) is 0 Å². The van der Waals surface area contributed by atoms with Gasteiger partial charge in [0.25, 0.3) is 0 Å². The van der Waals surface area contributed by atoms with Crippen molar-refractivity contribution in [3.63, 3.8) is 0 Å². The Morgan fingerprint density at radius 2 is 2.12 bits per heavy atom. The number of pyridine rings is 1. The summed E-state index contributed by atoms with van der Waals surface area (Å²) < 4.78 is 0. The lowest BCUT2D eigenvalue weighted by Gasteiger charge is -1.96. The second-order valence-corrected chi connectivity index (χ2v) is 4.03. The number of hydrogen-bond acceptors (Lipinski definition) is 3. The summed E-state index contributed by atoms with van der Waals surface area (Å²) in [5.41, 5.74) is 2.06. The van der Waals surface area contributed by atoms with Crippen molar-refractivity contribution >= 4 is 22.8 Å². The average molecular weight is 246 g/mol. The largest absolute Gasteiger partial charge is 0.508 e. The third-order valence-corrected chi connectivity index (χ3v) is 2.78. The van der Waals surface area contributed by atoms with E-state index in [0.29, 0.717) is 22.0 Å². The van der Waals surface area contributed by atoms with Crippen LogP contribution in [0.25, 0.3) is 22.6 Å². The molecule has 0 atom stereocenters. The third kappa shape index (κ3) is 1.72. The highest BCUT2D eigenvalue weighted by molar-refractivity contribution is 6.34. The van der Waals surface area contributed by atoms with E-state index >= 15 is 0 Å². The number of H-pyrrole nitrogens is 1. The van der Waals surface area contributed by atoms with Crippen LogP contribution in [-0.2, 0) is 0 Å². The normalized spacial score (nSPS) is 10.9. The lowest BCUT2D eigenvalue weighted by Crippen LogP contribution is -1.79. The molecule has 17 heavy (non-hydrogen) atoms. The first-order valence-electron chi connectivity index (χ1n) is 5.03. The first kappa shape index (κ1) is 10.1. The van der Waals surface area contributed by atoms with Crippen LogP contribution in [-0.4, -0.2) is 20.1 Å². The molecule has 0 saturated heterocycles. The van der Waals surface area contributed by atoms with Crippen LogP contribution in [0.4, 0.5) is 0 Å². The number of halogens is 1. The minimum atomic E-state index is 0.196. The maximum atomic E-state index is 9.42. The van der Waals surface area contributed by atoms with E-state index in [2.05, 4.69) is 15.0 Å². The van der Waals surface area contributed by atoms with Gasteiger partial charge in [-0.25, -0.2) is 9.97 Å². The van der Waals surface area contributed by atoms with Crippen LogP contribution >= 0.6 is 11.6 Å². The molecule has 0 radical (unpaired) electrons. The smallest absolute Gasteiger partial charge is 0.179 e. The van der Waals surface area contributed by atoms with Crippen LogP contribution in [0.1, 0.15) is 0 Å². The van der Waals surface area contributed by atoms with E-state index in [4.69, 9.17) is 11.6 Å². The molecule has 4 nitrogen and oxygen atoms in total. The third-order valence-electron chi connectivity index (χ3n) is 2.46. The quantitative estimate of drug-likeness (QED) is 0.693. The van der Waals surface area contributed by atoms with Crippen molar-refractivity contribution in [3.8, 4) is 17.1 Å². The molecule has 0 spiro atoms. The van der Waals surface area contributed by atoms with Gasteiger partial charge in [-0.05, 0) is 18.2 Å². The van der Waals surface area contributed by atoms with E-state index in [9.17, 15) is 5.11 Å². The van der Waals surface area contributed by atoms with Gasteiger partial charge in [0.1, 0.15) is 17.1 Å². The first-order valence-corrected chi connectivity index (χ1v) is 5.41. The summed E-state index contributed by atoms with van der Waals surface area (Å²) in [6.07, 6.45) is 1.61. The summed E-state index contributed by atoms with van der Waals surface area (Å²) in [6.45, 7) is 0. The number of hydrogen-bond donors (Lipinski definition) is 2. The fourth-order valence-electron chi connectivity index (χ4n) is 1.67. The zero-order chi connectivity index (χ0) is 11.8. The standard InChI is InChI=1S/C12H8ClN3O/c13-9-4-5-14-12-10(9)15-11(16-12)7-2-1-3-8(17)6-7/h1-6,17H,(H,14,15,16). The van der Waals surface area contributed by atoms with E-state index in [0.717, 1.165) is 5.56 Å². The summed E-state index contributed by atoms with van der Waals surface area (Å²) in [6, 6.07) is 8.55. The van der Waals surface area contributed by atoms with Crippen molar-refractivity contribution < 1.29 is 5.11 Å². The molecule has 0 aliphatic rings. The molecule has 5 heteroatoms. The van der Waals surface area contributed by atoms with Crippen LogP contribution in [0.15, 0.2) is 36.5 Å². The Hall–Kier alpha value is -2.07. The summed E-state index contributed by atoms with van der Waals surface area (Å²) >= 11 is 6.03. The predicted octanol–water partition coefficient (Wildman–Crippen LogP) is 2.98. The molecule has 84 valence electrons. The Balaban J connectivity index is 2.22. The van der Waals surface area contributed by atoms with Gasteiger partial charge >= 0.3 is 0 Å². The number of aromatic amines is 1. The van der Waals surface area contributed by atoms with Crippen LogP contribution in [0.2, 0.25) is 5.02 Å². The molecule has 0 bridgehead atoms. The minimum Gasteiger partial charge on any atom is -0.508 e. The predicted molar refractivity (Wildman–Crippen MR) is 66.0 cm³/mol. The van der Waals surface area contributed by atoms with E-state index in [1.807, 2.05) is 6.07 Å². The molecule has 0 saturated carbocycles. The van der Waals surface area contributed by atoms with E-state index in [1.165, 1.54) is 0 Å². The van der Waals surface area contributed by atoms with Gasteiger partial charge < -0.3 is 10.1 Å². The lowest BCUT2D eigenvalue weighted by atomic mass is 10.2. The van der Waals surface area contributed by atoms with Crippen LogP contribution < -0.4 is 0 Å². The van der Waals surface area contributed by atoms with Gasteiger partial charge in [-0.2, -0.15) is 0 Å². The number of aromatic hydroxyl groups is 1. The molecule has 1 aromatic carbocycles. The van der Waals surface area contributed by atoms with Crippen molar-refractivity contribution in [1.82, 2.24) is 15.0 Å². The number of nitrogens with zero attached hydrogens (tertiary/aromatic N) is 2. The fourth-order valence-corrected chi connectivity index (χ4v) is 1.86. The van der Waals surface area contributed by atoms with Crippen molar-refractivity contribution in [2.45, 2.75) is 0 Å². The summed E-state index contributed by atoms with van der Waals surface area (Å²) in [7, 11) is 0. The highest BCUT2D eigenvalue weighted by Gasteiger charge is 2.08. The Morgan fingerprint density at radius 3 is 2.88 bits per heavy atom. The highest BCUT2D eigenvalue weighted by Crippen LogP contribution is 2.25. The van der Waals surface area contributed by atoms with Crippen LogP contribution in [0, 0.1) is 0 Å². The van der Waals surface area contributed by atoms with Gasteiger partial charge in [-0.15, -0.1) is 0 Å². The van der Waals surface area contributed by atoms with Gasteiger partial charge in [0.15, 0.2) is 5.65 Å². The SMILES string of the molecule is Oc1cccc(-c2nc3nccc(Cl)c3[nH]2)c1. The van der Waals surface area contributed by atoms with Gasteiger partial charge in [-0.3, -0.25) is 0 Å².